The Hall–Kier alpha value is -0.770. The van der Waals surface area contributed by atoms with Gasteiger partial charge in [0, 0.05) is 13.1 Å². The Balaban J connectivity index is 0.00000121. The van der Waals surface area contributed by atoms with Crippen molar-refractivity contribution in [1.82, 2.24) is 4.90 Å². The summed E-state index contributed by atoms with van der Waals surface area (Å²) in [6.07, 6.45) is 1.80. The average molecular weight is 244 g/mol. The SMILES string of the molecule is CC.CC(C)(C)OC(=O)N1CCC(CN)CC1. The van der Waals surface area contributed by atoms with E-state index < -0.39 is 5.60 Å². The fourth-order valence-electron chi connectivity index (χ4n) is 1.68. The van der Waals surface area contributed by atoms with Gasteiger partial charge in [-0.05, 0) is 46.1 Å². The molecule has 1 saturated heterocycles. The summed E-state index contributed by atoms with van der Waals surface area (Å²) >= 11 is 0. The molecule has 0 aromatic carbocycles. The molecule has 1 fully saturated rings. The van der Waals surface area contributed by atoms with Crippen LogP contribution in [0.2, 0.25) is 0 Å². The molecule has 1 rings (SSSR count). The molecule has 0 atom stereocenters. The molecule has 1 amide bonds. The van der Waals surface area contributed by atoms with Crippen molar-refractivity contribution in [2.75, 3.05) is 19.6 Å². The molecule has 0 saturated carbocycles. The van der Waals surface area contributed by atoms with Crippen LogP contribution in [0.15, 0.2) is 0 Å². The van der Waals surface area contributed by atoms with Crippen LogP contribution in [0.3, 0.4) is 0 Å². The third kappa shape index (κ3) is 6.51. The van der Waals surface area contributed by atoms with E-state index in [9.17, 15) is 4.79 Å². The summed E-state index contributed by atoms with van der Waals surface area (Å²) in [6, 6.07) is 0. The molecule has 17 heavy (non-hydrogen) atoms. The number of nitrogens with zero attached hydrogens (tertiary/aromatic N) is 1. The van der Waals surface area contributed by atoms with Crippen molar-refractivity contribution in [3.8, 4) is 0 Å². The minimum absolute atomic E-state index is 0.196. The zero-order valence-electron chi connectivity index (χ0n) is 12.0. The average Bonchev–Trinajstić information content (AvgIpc) is 2.29. The molecule has 0 radical (unpaired) electrons. The van der Waals surface area contributed by atoms with E-state index >= 15 is 0 Å². The van der Waals surface area contributed by atoms with E-state index in [0.29, 0.717) is 5.92 Å². The van der Waals surface area contributed by atoms with Gasteiger partial charge in [-0.15, -0.1) is 0 Å². The molecule has 1 aliphatic rings. The monoisotopic (exact) mass is 244 g/mol. The van der Waals surface area contributed by atoms with Crippen LogP contribution in [0.5, 0.6) is 0 Å². The summed E-state index contributed by atoms with van der Waals surface area (Å²) in [4.78, 5) is 13.5. The van der Waals surface area contributed by atoms with Gasteiger partial charge in [0.25, 0.3) is 0 Å². The van der Waals surface area contributed by atoms with Crippen LogP contribution in [-0.4, -0.2) is 36.2 Å². The minimum Gasteiger partial charge on any atom is -0.444 e. The second-order valence-electron chi connectivity index (χ2n) is 5.15. The van der Waals surface area contributed by atoms with Gasteiger partial charge in [0.2, 0.25) is 0 Å². The molecular formula is C13H28N2O2. The van der Waals surface area contributed by atoms with Crippen molar-refractivity contribution in [3.63, 3.8) is 0 Å². The molecule has 4 nitrogen and oxygen atoms in total. The standard InChI is InChI=1S/C11H22N2O2.C2H6/c1-11(2,3)15-10(14)13-6-4-9(8-12)5-7-13;1-2/h9H,4-8,12H2,1-3H3;1-2H3. The first-order valence-corrected chi connectivity index (χ1v) is 6.60. The summed E-state index contributed by atoms with van der Waals surface area (Å²) in [5, 5.41) is 0. The molecule has 0 spiro atoms. The number of nitrogens with two attached hydrogens (primary N) is 1. The number of piperidine rings is 1. The maximum atomic E-state index is 11.7. The predicted octanol–water partition coefficient (Wildman–Crippen LogP) is 2.62. The Morgan fingerprint density at radius 3 is 2.12 bits per heavy atom. The Kier molecular flexibility index (Phi) is 7.19. The van der Waals surface area contributed by atoms with Crippen molar-refractivity contribution >= 4 is 6.09 Å². The number of carbonyl (C=O) groups is 1. The Labute approximate surface area is 105 Å². The second kappa shape index (κ2) is 7.54. The molecule has 102 valence electrons. The van der Waals surface area contributed by atoms with Crippen LogP contribution in [-0.2, 0) is 4.74 Å². The van der Waals surface area contributed by atoms with Crippen LogP contribution in [0.4, 0.5) is 4.79 Å². The fourth-order valence-corrected chi connectivity index (χ4v) is 1.68. The van der Waals surface area contributed by atoms with Crippen LogP contribution >= 0.6 is 0 Å². The van der Waals surface area contributed by atoms with Gasteiger partial charge < -0.3 is 15.4 Å². The van der Waals surface area contributed by atoms with Crippen molar-refractivity contribution in [2.24, 2.45) is 11.7 Å². The quantitative estimate of drug-likeness (QED) is 0.771. The van der Waals surface area contributed by atoms with Crippen LogP contribution in [0, 0.1) is 5.92 Å². The lowest BCUT2D eigenvalue weighted by atomic mass is 9.97. The fraction of sp³-hybridized carbons (Fsp3) is 0.923. The maximum absolute atomic E-state index is 11.7. The van der Waals surface area contributed by atoms with Gasteiger partial charge in [-0.2, -0.15) is 0 Å². The lowest BCUT2D eigenvalue weighted by Gasteiger charge is -2.32. The number of amides is 1. The van der Waals surface area contributed by atoms with Crippen LogP contribution in [0.25, 0.3) is 0 Å². The van der Waals surface area contributed by atoms with Crippen LogP contribution < -0.4 is 5.73 Å². The summed E-state index contributed by atoms with van der Waals surface area (Å²) in [7, 11) is 0. The second-order valence-corrected chi connectivity index (χ2v) is 5.15. The summed E-state index contributed by atoms with van der Waals surface area (Å²) < 4.78 is 5.30. The highest BCUT2D eigenvalue weighted by atomic mass is 16.6. The van der Waals surface area contributed by atoms with Crippen molar-refractivity contribution < 1.29 is 9.53 Å². The van der Waals surface area contributed by atoms with Gasteiger partial charge in [-0.3, -0.25) is 0 Å². The molecule has 1 heterocycles. The number of carbonyl (C=O) groups excluding carboxylic acids is 1. The molecule has 1 aliphatic heterocycles. The molecule has 0 aliphatic carbocycles. The summed E-state index contributed by atoms with van der Waals surface area (Å²) in [5.41, 5.74) is 5.19. The van der Waals surface area contributed by atoms with E-state index in [0.717, 1.165) is 32.5 Å². The zero-order valence-corrected chi connectivity index (χ0v) is 12.0. The summed E-state index contributed by atoms with van der Waals surface area (Å²) in [6.45, 7) is 11.9. The van der Waals surface area contributed by atoms with Crippen LogP contribution in [0.1, 0.15) is 47.5 Å². The third-order valence-electron chi connectivity index (χ3n) is 2.60. The van der Waals surface area contributed by atoms with E-state index in [1.807, 2.05) is 34.6 Å². The molecule has 2 N–H and O–H groups in total. The first-order chi connectivity index (χ1) is 7.92. The normalized spacial score (nSPS) is 17.2. The van der Waals surface area contributed by atoms with Gasteiger partial charge >= 0.3 is 6.09 Å². The van der Waals surface area contributed by atoms with E-state index in [2.05, 4.69) is 0 Å². The molecule has 0 bridgehead atoms. The lowest BCUT2D eigenvalue weighted by molar-refractivity contribution is 0.0187. The Bertz CT molecular complexity index is 216. The minimum atomic E-state index is -0.401. The first kappa shape index (κ1) is 16.2. The number of hydrogen-bond donors (Lipinski definition) is 1. The molecule has 0 aromatic rings. The van der Waals surface area contributed by atoms with E-state index in [4.69, 9.17) is 10.5 Å². The Morgan fingerprint density at radius 2 is 1.76 bits per heavy atom. The van der Waals surface area contributed by atoms with E-state index in [1.165, 1.54) is 0 Å². The largest absolute Gasteiger partial charge is 0.444 e. The number of hydrogen-bond acceptors (Lipinski definition) is 3. The van der Waals surface area contributed by atoms with Gasteiger partial charge in [-0.25, -0.2) is 4.79 Å². The number of likely N-dealkylation sites (tertiary alicyclic amines) is 1. The van der Waals surface area contributed by atoms with Gasteiger partial charge in [0.1, 0.15) is 5.60 Å². The summed E-state index contributed by atoms with van der Waals surface area (Å²) in [5.74, 6) is 0.573. The van der Waals surface area contributed by atoms with Crippen molar-refractivity contribution in [3.05, 3.63) is 0 Å². The first-order valence-electron chi connectivity index (χ1n) is 6.60. The predicted molar refractivity (Wildman–Crippen MR) is 70.9 cm³/mol. The van der Waals surface area contributed by atoms with E-state index in [1.54, 1.807) is 4.90 Å². The third-order valence-corrected chi connectivity index (χ3v) is 2.60. The molecule has 0 unspecified atom stereocenters. The maximum Gasteiger partial charge on any atom is 0.410 e. The lowest BCUT2D eigenvalue weighted by Crippen LogP contribution is -2.42. The smallest absolute Gasteiger partial charge is 0.410 e. The van der Waals surface area contributed by atoms with Gasteiger partial charge in [-0.1, -0.05) is 13.8 Å². The highest BCUT2D eigenvalue weighted by Crippen LogP contribution is 2.18. The topological polar surface area (TPSA) is 55.6 Å². The van der Waals surface area contributed by atoms with Crippen molar-refractivity contribution in [1.29, 1.82) is 0 Å². The molecule has 4 heteroatoms. The number of ether oxygens (including phenoxy) is 1. The molecular weight excluding hydrogens is 216 g/mol. The van der Waals surface area contributed by atoms with E-state index in [-0.39, 0.29) is 6.09 Å². The number of rotatable bonds is 1. The van der Waals surface area contributed by atoms with Crippen molar-refractivity contribution in [2.45, 2.75) is 53.1 Å². The van der Waals surface area contributed by atoms with Gasteiger partial charge in [0.05, 0.1) is 0 Å². The molecule has 0 aromatic heterocycles. The highest BCUT2D eigenvalue weighted by molar-refractivity contribution is 5.68. The zero-order chi connectivity index (χ0) is 13.5. The highest BCUT2D eigenvalue weighted by Gasteiger charge is 2.25. The van der Waals surface area contributed by atoms with Gasteiger partial charge in [0.15, 0.2) is 0 Å². The Morgan fingerprint density at radius 1 is 1.29 bits per heavy atom.